The average Bonchev–Trinajstić information content (AvgIpc) is 3.60. The normalized spacial score (nSPS) is 12.7. The summed E-state index contributed by atoms with van der Waals surface area (Å²) < 4.78 is 24.0. The van der Waals surface area contributed by atoms with E-state index in [1.807, 2.05) is 0 Å². The van der Waals surface area contributed by atoms with E-state index >= 15 is 0 Å². The van der Waals surface area contributed by atoms with E-state index in [4.69, 9.17) is 9.47 Å². The molecule has 2 aromatic rings. The standard InChI is InChI=1S/C22H23FN2O5/c1-29-18-7-4-6-15(11-18)22(28)24-12-21(27)30-14-20(26)25(17-9-10-17)13-16-5-2-3-8-19(16)23/h2-8,11,17H,9-10,12-14H2,1H3,(H,24,28). The number of amides is 2. The Labute approximate surface area is 173 Å². The fourth-order valence-electron chi connectivity index (χ4n) is 2.91. The lowest BCUT2D eigenvalue weighted by Gasteiger charge is -2.22. The Hall–Kier alpha value is -3.42. The fourth-order valence-corrected chi connectivity index (χ4v) is 2.91. The van der Waals surface area contributed by atoms with E-state index in [0.29, 0.717) is 16.9 Å². The molecule has 1 aliphatic carbocycles. The Kier molecular flexibility index (Phi) is 7.00. The number of rotatable bonds is 9. The summed E-state index contributed by atoms with van der Waals surface area (Å²) in [4.78, 5) is 38.1. The van der Waals surface area contributed by atoms with Gasteiger partial charge < -0.3 is 19.7 Å². The number of carbonyl (C=O) groups excluding carboxylic acids is 3. The molecule has 2 amide bonds. The van der Waals surface area contributed by atoms with Crippen molar-refractivity contribution in [2.75, 3.05) is 20.3 Å². The number of halogens is 1. The van der Waals surface area contributed by atoms with Crippen LogP contribution in [0.5, 0.6) is 5.75 Å². The molecule has 0 aromatic heterocycles. The van der Waals surface area contributed by atoms with Crippen molar-refractivity contribution in [1.82, 2.24) is 10.2 Å². The summed E-state index contributed by atoms with van der Waals surface area (Å²) in [6.07, 6.45) is 1.68. The van der Waals surface area contributed by atoms with Crippen molar-refractivity contribution < 1.29 is 28.2 Å². The van der Waals surface area contributed by atoms with Crippen LogP contribution in [-0.4, -0.2) is 49.0 Å². The van der Waals surface area contributed by atoms with E-state index in [1.165, 1.54) is 18.1 Å². The number of methoxy groups -OCH3 is 1. The highest BCUT2D eigenvalue weighted by Crippen LogP contribution is 2.29. The van der Waals surface area contributed by atoms with Gasteiger partial charge in [0.15, 0.2) is 6.61 Å². The molecule has 1 fully saturated rings. The van der Waals surface area contributed by atoms with Crippen LogP contribution in [-0.2, 0) is 20.9 Å². The zero-order valence-corrected chi connectivity index (χ0v) is 16.6. The largest absolute Gasteiger partial charge is 0.497 e. The van der Waals surface area contributed by atoms with Gasteiger partial charge in [0.25, 0.3) is 11.8 Å². The van der Waals surface area contributed by atoms with Gasteiger partial charge in [0.2, 0.25) is 0 Å². The van der Waals surface area contributed by atoms with Crippen molar-refractivity contribution in [1.29, 1.82) is 0 Å². The van der Waals surface area contributed by atoms with Gasteiger partial charge in [-0.3, -0.25) is 14.4 Å². The summed E-state index contributed by atoms with van der Waals surface area (Å²) in [5.74, 6) is -1.45. The van der Waals surface area contributed by atoms with Crippen LogP contribution in [0.3, 0.4) is 0 Å². The quantitative estimate of drug-likeness (QED) is 0.637. The third-order valence-corrected chi connectivity index (χ3v) is 4.69. The third-order valence-electron chi connectivity index (χ3n) is 4.69. The first-order valence-corrected chi connectivity index (χ1v) is 9.58. The highest BCUT2D eigenvalue weighted by atomic mass is 19.1. The van der Waals surface area contributed by atoms with Gasteiger partial charge in [-0.1, -0.05) is 24.3 Å². The smallest absolute Gasteiger partial charge is 0.325 e. The predicted octanol–water partition coefficient (Wildman–Crippen LogP) is 2.30. The number of hydrogen-bond acceptors (Lipinski definition) is 5. The maximum absolute atomic E-state index is 13.9. The van der Waals surface area contributed by atoms with Crippen LogP contribution in [0.2, 0.25) is 0 Å². The number of nitrogens with one attached hydrogen (secondary N) is 1. The van der Waals surface area contributed by atoms with Gasteiger partial charge in [0, 0.05) is 23.7 Å². The Bertz CT molecular complexity index is 929. The molecule has 0 spiro atoms. The molecule has 0 heterocycles. The first kappa shape index (κ1) is 21.3. The van der Waals surface area contributed by atoms with Gasteiger partial charge in [-0.2, -0.15) is 0 Å². The summed E-state index contributed by atoms with van der Waals surface area (Å²) in [6, 6.07) is 12.8. The molecular weight excluding hydrogens is 391 g/mol. The molecule has 0 bridgehead atoms. The second-order valence-electron chi connectivity index (χ2n) is 6.92. The summed E-state index contributed by atoms with van der Waals surface area (Å²) in [6.45, 7) is -0.709. The van der Waals surface area contributed by atoms with Crippen LogP contribution >= 0.6 is 0 Å². The lowest BCUT2D eigenvalue weighted by Crippen LogP contribution is -2.37. The Morgan fingerprint density at radius 1 is 1.13 bits per heavy atom. The minimum Gasteiger partial charge on any atom is -0.497 e. The first-order chi connectivity index (χ1) is 14.5. The number of ether oxygens (including phenoxy) is 2. The van der Waals surface area contributed by atoms with E-state index in [9.17, 15) is 18.8 Å². The van der Waals surface area contributed by atoms with Gasteiger partial charge in [0.1, 0.15) is 18.1 Å². The van der Waals surface area contributed by atoms with Gasteiger partial charge in [0.05, 0.1) is 7.11 Å². The topological polar surface area (TPSA) is 84.9 Å². The molecular formula is C22H23FN2O5. The van der Waals surface area contributed by atoms with E-state index in [2.05, 4.69) is 5.32 Å². The molecule has 1 saturated carbocycles. The maximum Gasteiger partial charge on any atom is 0.325 e. The van der Waals surface area contributed by atoms with Crippen LogP contribution in [0.4, 0.5) is 4.39 Å². The second-order valence-corrected chi connectivity index (χ2v) is 6.92. The highest BCUT2D eigenvalue weighted by Gasteiger charge is 2.33. The van der Waals surface area contributed by atoms with Crippen LogP contribution in [0.1, 0.15) is 28.8 Å². The second kappa shape index (κ2) is 9.87. The molecule has 0 unspecified atom stereocenters. The molecule has 7 nitrogen and oxygen atoms in total. The van der Waals surface area contributed by atoms with Crippen LogP contribution in [0.25, 0.3) is 0 Å². The average molecular weight is 414 g/mol. The number of benzene rings is 2. The fraction of sp³-hybridized carbons (Fsp3) is 0.318. The summed E-state index contributed by atoms with van der Waals surface area (Å²) in [7, 11) is 1.49. The van der Waals surface area contributed by atoms with Crippen molar-refractivity contribution in [3.05, 3.63) is 65.5 Å². The molecule has 30 heavy (non-hydrogen) atoms. The molecule has 2 aromatic carbocycles. The summed E-state index contributed by atoms with van der Waals surface area (Å²) in [5, 5.41) is 2.44. The van der Waals surface area contributed by atoms with Crippen LogP contribution in [0.15, 0.2) is 48.5 Å². The van der Waals surface area contributed by atoms with E-state index in [0.717, 1.165) is 12.8 Å². The van der Waals surface area contributed by atoms with E-state index in [-0.39, 0.29) is 24.9 Å². The van der Waals surface area contributed by atoms with Crippen molar-refractivity contribution in [3.63, 3.8) is 0 Å². The molecule has 1 N–H and O–H groups in total. The molecule has 1 aliphatic rings. The Balaban J connectivity index is 1.47. The van der Waals surface area contributed by atoms with Gasteiger partial charge in [-0.25, -0.2) is 4.39 Å². The zero-order chi connectivity index (χ0) is 21.5. The number of esters is 1. The lowest BCUT2D eigenvalue weighted by atomic mass is 10.2. The van der Waals surface area contributed by atoms with Gasteiger partial charge in [-0.15, -0.1) is 0 Å². The predicted molar refractivity (Wildman–Crippen MR) is 106 cm³/mol. The molecule has 0 radical (unpaired) electrons. The molecule has 8 heteroatoms. The SMILES string of the molecule is COc1cccc(C(=O)NCC(=O)OCC(=O)N(Cc2ccccc2F)C2CC2)c1. The van der Waals surface area contributed by atoms with Crippen LogP contribution < -0.4 is 10.1 Å². The van der Waals surface area contributed by atoms with Crippen LogP contribution in [0, 0.1) is 5.82 Å². The van der Waals surface area contributed by atoms with Gasteiger partial charge in [-0.05, 0) is 37.1 Å². The molecule has 0 saturated heterocycles. The van der Waals surface area contributed by atoms with Crippen molar-refractivity contribution in [2.45, 2.75) is 25.4 Å². The number of hydrogen-bond donors (Lipinski definition) is 1. The van der Waals surface area contributed by atoms with Gasteiger partial charge >= 0.3 is 5.97 Å². The lowest BCUT2D eigenvalue weighted by molar-refractivity contribution is -0.151. The molecule has 3 rings (SSSR count). The summed E-state index contributed by atoms with van der Waals surface area (Å²) in [5.41, 5.74) is 0.748. The minimum atomic E-state index is -0.735. The molecule has 0 aliphatic heterocycles. The molecule has 158 valence electrons. The Morgan fingerprint density at radius 3 is 2.60 bits per heavy atom. The number of carbonyl (C=O) groups is 3. The van der Waals surface area contributed by atoms with Crippen molar-refractivity contribution in [3.8, 4) is 5.75 Å². The summed E-state index contributed by atoms with van der Waals surface area (Å²) >= 11 is 0. The first-order valence-electron chi connectivity index (χ1n) is 9.58. The maximum atomic E-state index is 13.9. The molecule has 0 atom stereocenters. The monoisotopic (exact) mass is 414 g/mol. The zero-order valence-electron chi connectivity index (χ0n) is 16.6. The Morgan fingerprint density at radius 2 is 1.90 bits per heavy atom. The van der Waals surface area contributed by atoms with Crippen molar-refractivity contribution in [2.24, 2.45) is 0 Å². The van der Waals surface area contributed by atoms with E-state index < -0.39 is 24.4 Å². The number of nitrogens with zero attached hydrogens (tertiary/aromatic N) is 1. The minimum absolute atomic E-state index is 0.0311. The highest BCUT2D eigenvalue weighted by molar-refractivity contribution is 5.96. The van der Waals surface area contributed by atoms with Crippen molar-refractivity contribution >= 4 is 17.8 Å². The van der Waals surface area contributed by atoms with E-state index in [1.54, 1.807) is 42.5 Å². The third kappa shape index (κ3) is 5.79.